The van der Waals surface area contributed by atoms with Gasteiger partial charge in [-0.3, -0.25) is 0 Å². The summed E-state index contributed by atoms with van der Waals surface area (Å²) in [6, 6.07) is 71.2. The lowest BCUT2D eigenvalue weighted by molar-refractivity contribution is -0.137. The van der Waals surface area contributed by atoms with Crippen molar-refractivity contribution in [1.29, 1.82) is 0 Å². The van der Waals surface area contributed by atoms with E-state index < -0.39 is 11.7 Å². The molecule has 0 heterocycles. The number of rotatable bonds is 10. The molecule has 8 aromatic carbocycles. The van der Waals surface area contributed by atoms with Crippen molar-refractivity contribution in [1.82, 2.24) is 0 Å². The first kappa shape index (κ1) is 35.0. The van der Waals surface area contributed by atoms with Gasteiger partial charge in [-0.25, -0.2) is 0 Å². The molecule has 8 aromatic rings. The number of para-hydroxylation sites is 8. The van der Waals surface area contributed by atoms with Gasteiger partial charge in [0.15, 0.2) is 0 Å². The third-order valence-electron chi connectivity index (χ3n) is 9.46. The third kappa shape index (κ3) is 7.44. The van der Waals surface area contributed by atoms with Gasteiger partial charge in [0.1, 0.15) is 0 Å². The van der Waals surface area contributed by atoms with E-state index in [1.807, 2.05) is 109 Å². The molecule has 0 spiro atoms. The second kappa shape index (κ2) is 15.5. The van der Waals surface area contributed by atoms with E-state index in [4.69, 9.17) is 0 Å². The lowest BCUT2D eigenvalue weighted by atomic mass is 10.0. The minimum atomic E-state index is -4.40. The van der Waals surface area contributed by atoms with Crippen molar-refractivity contribution in [3.63, 3.8) is 0 Å². The molecule has 0 amide bonds. The Labute approximate surface area is 319 Å². The summed E-state index contributed by atoms with van der Waals surface area (Å²) in [6.45, 7) is 0. The summed E-state index contributed by atoms with van der Waals surface area (Å²) >= 11 is 0. The van der Waals surface area contributed by atoms with Gasteiger partial charge in [0.25, 0.3) is 0 Å². The Morgan fingerprint density at radius 2 is 0.509 bits per heavy atom. The molecule has 8 rings (SSSR count). The minimum absolute atomic E-state index is 0.671. The van der Waals surface area contributed by atoms with Crippen molar-refractivity contribution in [2.24, 2.45) is 0 Å². The second-order valence-corrected chi connectivity index (χ2v) is 12.9. The van der Waals surface area contributed by atoms with E-state index in [0.29, 0.717) is 5.56 Å². The molecular formula is C49H36F3N3. The summed E-state index contributed by atoms with van der Waals surface area (Å²) in [5.74, 6) is 0. The quantitative estimate of drug-likeness (QED) is 0.139. The van der Waals surface area contributed by atoms with Crippen LogP contribution in [-0.2, 0) is 6.18 Å². The summed E-state index contributed by atoms with van der Waals surface area (Å²) in [5.41, 5.74) is 9.47. The van der Waals surface area contributed by atoms with Crippen LogP contribution < -0.4 is 14.7 Å². The first-order valence-electron chi connectivity index (χ1n) is 18.0. The van der Waals surface area contributed by atoms with Gasteiger partial charge in [0, 0.05) is 28.4 Å². The van der Waals surface area contributed by atoms with Crippen LogP contribution >= 0.6 is 0 Å². The van der Waals surface area contributed by atoms with Crippen LogP contribution in [0.1, 0.15) is 5.56 Å². The normalized spacial score (nSPS) is 11.2. The number of nitrogens with zero attached hydrogens (tertiary/aromatic N) is 3. The molecule has 0 aliphatic heterocycles. The highest BCUT2D eigenvalue weighted by Crippen LogP contribution is 2.50. The summed E-state index contributed by atoms with van der Waals surface area (Å²) in [7, 11) is 0. The lowest BCUT2D eigenvalue weighted by Gasteiger charge is -2.36. The highest BCUT2D eigenvalue weighted by Gasteiger charge is 2.30. The van der Waals surface area contributed by atoms with Crippen LogP contribution in [0.15, 0.2) is 218 Å². The first-order valence-corrected chi connectivity index (χ1v) is 18.0. The van der Waals surface area contributed by atoms with E-state index in [1.54, 1.807) is 0 Å². The number of alkyl halides is 3. The summed E-state index contributed by atoms with van der Waals surface area (Å²) in [6.07, 6.45) is -4.40. The fourth-order valence-electron chi connectivity index (χ4n) is 6.91. The Morgan fingerprint density at radius 1 is 0.255 bits per heavy atom. The predicted molar refractivity (Wildman–Crippen MR) is 221 cm³/mol. The SMILES string of the molecule is FC(F)(F)c1ccc(-c2ccc(N(c3ccccc3N(c3ccccc3)c3ccccc3)c3ccccc3N(c3ccccc3)c3ccccc3)cc2)cc1. The van der Waals surface area contributed by atoms with Crippen LogP contribution in [0.2, 0.25) is 0 Å². The predicted octanol–water partition coefficient (Wildman–Crippen LogP) is 14.8. The zero-order chi connectivity index (χ0) is 37.6. The van der Waals surface area contributed by atoms with Crippen LogP contribution in [0.3, 0.4) is 0 Å². The molecule has 0 aromatic heterocycles. The number of anilines is 9. The van der Waals surface area contributed by atoms with Gasteiger partial charge < -0.3 is 14.7 Å². The number of hydrogen-bond acceptors (Lipinski definition) is 3. The largest absolute Gasteiger partial charge is 0.416 e. The molecule has 6 heteroatoms. The molecule has 0 fully saturated rings. The van der Waals surface area contributed by atoms with Crippen molar-refractivity contribution < 1.29 is 13.2 Å². The average Bonchev–Trinajstić information content (AvgIpc) is 3.24. The Balaban J connectivity index is 1.35. The van der Waals surface area contributed by atoms with Crippen molar-refractivity contribution in [2.75, 3.05) is 14.7 Å². The van der Waals surface area contributed by atoms with Crippen molar-refractivity contribution in [3.05, 3.63) is 224 Å². The van der Waals surface area contributed by atoms with Crippen LogP contribution in [0.25, 0.3) is 11.1 Å². The van der Waals surface area contributed by atoms with E-state index in [0.717, 1.165) is 68.9 Å². The van der Waals surface area contributed by atoms with E-state index in [-0.39, 0.29) is 0 Å². The van der Waals surface area contributed by atoms with Gasteiger partial charge in [0.2, 0.25) is 0 Å². The van der Waals surface area contributed by atoms with Gasteiger partial charge >= 0.3 is 6.18 Å². The average molecular weight is 724 g/mol. The molecule has 0 aliphatic carbocycles. The fourth-order valence-corrected chi connectivity index (χ4v) is 6.91. The van der Waals surface area contributed by atoms with E-state index in [1.165, 1.54) is 12.1 Å². The van der Waals surface area contributed by atoms with Crippen LogP contribution in [0.4, 0.5) is 64.4 Å². The zero-order valence-corrected chi connectivity index (χ0v) is 29.8. The Hall–Kier alpha value is -7.05. The Kier molecular flexibility index (Phi) is 9.87. The topological polar surface area (TPSA) is 9.72 Å². The number of benzene rings is 8. The molecule has 0 aliphatic rings. The molecule has 268 valence electrons. The van der Waals surface area contributed by atoms with Crippen LogP contribution in [0.5, 0.6) is 0 Å². The van der Waals surface area contributed by atoms with Gasteiger partial charge in [-0.1, -0.05) is 121 Å². The molecule has 0 radical (unpaired) electrons. The Bertz CT molecular complexity index is 2250. The van der Waals surface area contributed by atoms with Crippen LogP contribution in [0, 0.1) is 0 Å². The fraction of sp³-hybridized carbons (Fsp3) is 0.0204. The van der Waals surface area contributed by atoms with Gasteiger partial charge in [0.05, 0.1) is 28.3 Å². The number of hydrogen-bond donors (Lipinski definition) is 0. The highest BCUT2D eigenvalue weighted by molar-refractivity contribution is 5.96. The molecule has 0 saturated carbocycles. The summed E-state index contributed by atoms with van der Waals surface area (Å²) in [5, 5.41) is 0. The van der Waals surface area contributed by atoms with Crippen molar-refractivity contribution >= 4 is 51.2 Å². The highest BCUT2D eigenvalue weighted by atomic mass is 19.4. The van der Waals surface area contributed by atoms with Gasteiger partial charge in [-0.15, -0.1) is 0 Å². The number of halogens is 3. The third-order valence-corrected chi connectivity index (χ3v) is 9.46. The molecule has 0 bridgehead atoms. The smallest absolute Gasteiger partial charge is 0.308 e. The minimum Gasteiger partial charge on any atom is -0.308 e. The summed E-state index contributed by atoms with van der Waals surface area (Å²) < 4.78 is 40.2. The molecule has 3 nitrogen and oxygen atoms in total. The summed E-state index contributed by atoms with van der Waals surface area (Å²) in [4.78, 5) is 6.78. The van der Waals surface area contributed by atoms with Crippen molar-refractivity contribution in [2.45, 2.75) is 6.18 Å². The standard InChI is InChI=1S/C49H36F3N3/c50-49(51,52)39-33-29-37(30-34-39)38-31-35-44(36-32-38)55(47-27-15-13-25-45(47)53(40-17-5-1-6-18-40)41-19-7-2-8-20-41)48-28-16-14-26-46(48)54(42-21-9-3-10-22-42)43-23-11-4-12-24-43/h1-36H. The molecule has 0 N–H and O–H groups in total. The maximum absolute atomic E-state index is 13.4. The molecule has 0 unspecified atom stereocenters. The molecule has 0 saturated heterocycles. The molecular weight excluding hydrogens is 688 g/mol. The second-order valence-electron chi connectivity index (χ2n) is 12.9. The van der Waals surface area contributed by atoms with Crippen LogP contribution in [-0.4, -0.2) is 0 Å². The van der Waals surface area contributed by atoms with Gasteiger partial charge in [-0.05, 0) is 108 Å². The monoisotopic (exact) mass is 723 g/mol. The maximum Gasteiger partial charge on any atom is 0.416 e. The van der Waals surface area contributed by atoms with E-state index in [2.05, 4.69) is 99.6 Å². The zero-order valence-electron chi connectivity index (χ0n) is 29.8. The van der Waals surface area contributed by atoms with Crippen molar-refractivity contribution in [3.8, 4) is 11.1 Å². The maximum atomic E-state index is 13.4. The molecule has 55 heavy (non-hydrogen) atoms. The molecule has 0 atom stereocenters. The first-order chi connectivity index (χ1) is 27.0. The Morgan fingerprint density at radius 3 is 0.818 bits per heavy atom. The lowest BCUT2D eigenvalue weighted by Crippen LogP contribution is -2.19. The van der Waals surface area contributed by atoms with E-state index in [9.17, 15) is 13.2 Å². The van der Waals surface area contributed by atoms with E-state index >= 15 is 0 Å². The van der Waals surface area contributed by atoms with Gasteiger partial charge in [-0.2, -0.15) is 13.2 Å².